The highest BCUT2D eigenvalue weighted by atomic mass is 32.2. The van der Waals surface area contributed by atoms with Crippen LogP contribution in [0.25, 0.3) is 0 Å². The van der Waals surface area contributed by atoms with Gasteiger partial charge in [0.15, 0.2) is 5.76 Å². The molecular weight excluding hydrogens is 440 g/mol. The zero-order chi connectivity index (χ0) is 22.8. The van der Waals surface area contributed by atoms with Crippen molar-refractivity contribution < 1.29 is 22.4 Å². The number of hydrogen-bond acceptors (Lipinski definition) is 5. The van der Waals surface area contributed by atoms with E-state index in [4.69, 9.17) is 9.15 Å². The van der Waals surface area contributed by atoms with Crippen molar-refractivity contribution in [2.24, 2.45) is 0 Å². The van der Waals surface area contributed by atoms with Crippen LogP contribution in [-0.4, -0.2) is 31.7 Å². The molecule has 7 nitrogen and oxygen atoms in total. The predicted octanol–water partition coefficient (Wildman–Crippen LogP) is 4.38. The number of hydrogen-bond donors (Lipinski definition) is 1. The molecule has 1 aliphatic carbocycles. The van der Waals surface area contributed by atoms with Crippen LogP contribution in [-0.2, 0) is 29.5 Å². The number of anilines is 1. The fourth-order valence-corrected chi connectivity index (χ4v) is 5.87. The Hall–Kier alpha value is -3.10. The van der Waals surface area contributed by atoms with E-state index in [0.29, 0.717) is 24.5 Å². The van der Waals surface area contributed by atoms with Gasteiger partial charge in [-0.2, -0.15) is 4.31 Å². The Labute approximate surface area is 193 Å². The molecule has 5 rings (SSSR count). The van der Waals surface area contributed by atoms with Crippen LogP contribution >= 0.6 is 0 Å². The van der Waals surface area contributed by atoms with E-state index in [1.807, 2.05) is 6.07 Å². The highest BCUT2D eigenvalue weighted by molar-refractivity contribution is 7.89. The summed E-state index contributed by atoms with van der Waals surface area (Å²) in [7, 11) is -3.48. The lowest BCUT2D eigenvalue weighted by Gasteiger charge is -2.15. The molecule has 0 bridgehead atoms. The smallest absolute Gasteiger partial charge is 0.291 e. The van der Waals surface area contributed by atoms with E-state index in [0.717, 1.165) is 31.4 Å². The zero-order valence-electron chi connectivity index (χ0n) is 18.2. The summed E-state index contributed by atoms with van der Waals surface area (Å²) >= 11 is 0. The second-order valence-corrected chi connectivity index (χ2v) is 10.4. The van der Waals surface area contributed by atoms with E-state index < -0.39 is 15.9 Å². The van der Waals surface area contributed by atoms with Gasteiger partial charge in [0.2, 0.25) is 10.0 Å². The Kier molecular flexibility index (Phi) is 5.95. The van der Waals surface area contributed by atoms with Gasteiger partial charge < -0.3 is 14.5 Å². The van der Waals surface area contributed by atoms with Crippen LogP contribution < -0.4 is 10.1 Å². The van der Waals surface area contributed by atoms with Crippen molar-refractivity contribution in [2.75, 3.05) is 18.4 Å². The molecule has 0 saturated carbocycles. The van der Waals surface area contributed by atoms with E-state index in [-0.39, 0.29) is 17.3 Å². The molecule has 2 heterocycles. The lowest BCUT2D eigenvalue weighted by molar-refractivity contribution is 0.0992. The van der Waals surface area contributed by atoms with E-state index in [2.05, 4.69) is 17.4 Å². The highest BCUT2D eigenvalue weighted by Crippen LogP contribution is 2.27. The lowest BCUT2D eigenvalue weighted by Crippen LogP contribution is -2.27. The monoisotopic (exact) mass is 466 g/mol. The SMILES string of the molecule is O=C(Nc1ccc(S(=O)(=O)N2CCCC2)cc1)c1ccc(COc2ccc3c(c2)CCC3)o1. The maximum atomic E-state index is 12.6. The van der Waals surface area contributed by atoms with Gasteiger partial charge in [0.05, 0.1) is 4.90 Å². The number of fused-ring (bicyclic) bond motifs is 1. The van der Waals surface area contributed by atoms with E-state index in [1.165, 1.54) is 34.0 Å². The second-order valence-electron chi connectivity index (χ2n) is 8.43. The number of aryl methyl sites for hydroxylation is 2. The number of nitrogens with one attached hydrogen (secondary N) is 1. The van der Waals surface area contributed by atoms with Crippen molar-refractivity contribution in [3.05, 3.63) is 77.2 Å². The molecule has 0 radical (unpaired) electrons. The van der Waals surface area contributed by atoms with Crippen molar-refractivity contribution >= 4 is 21.6 Å². The van der Waals surface area contributed by atoms with Crippen LogP contribution in [0.4, 0.5) is 5.69 Å². The Balaban J connectivity index is 1.18. The Bertz CT molecular complexity index is 1260. The minimum atomic E-state index is -3.48. The third-order valence-corrected chi connectivity index (χ3v) is 8.06. The number of ether oxygens (including phenoxy) is 1. The number of sulfonamides is 1. The standard InChI is InChI=1S/C25H26N2O5S/c28-25(26-20-7-11-23(12-8-20)33(29,30)27-14-1-2-15-27)24-13-10-22(32-24)17-31-21-9-6-18-4-3-5-19(18)16-21/h6-13,16H,1-5,14-15,17H2,(H,26,28). The molecular formula is C25H26N2O5S. The average molecular weight is 467 g/mol. The minimum Gasteiger partial charge on any atom is -0.486 e. The van der Waals surface area contributed by atoms with Gasteiger partial charge in [-0.25, -0.2) is 8.42 Å². The molecule has 172 valence electrons. The molecule has 3 aromatic rings. The molecule has 8 heteroatoms. The van der Waals surface area contributed by atoms with Crippen LogP contribution in [0.2, 0.25) is 0 Å². The first-order valence-corrected chi connectivity index (χ1v) is 12.7. The van der Waals surface area contributed by atoms with Gasteiger partial charge >= 0.3 is 0 Å². The van der Waals surface area contributed by atoms with Crippen LogP contribution in [0.3, 0.4) is 0 Å². The topological polar surface area (TPSA) is 88.9 Å². The maximum Gasteiger partial charge on any atom is 0.291 e. The predicted molar refractivity (Wildman–Crippen MR) is 124 cm³/mol. The number of benzene rings is 2. The Morgan fingerprint density at radius 3 is 2.48 bits per heavy atom. The molecule has 1 aromatic heterocycles. The van der Waals surface area contributed by atoms with Crippen LogP contribution in [0.5, 0.6) is 5.75 Å². The molecule has 1 N–H and O–H groups in total. The molecule has 0 atom stereocenters. The summed E-state index contributed by atoms with van der Waals surface area (Å²) in [5.74, 6) is 1.10. The summed E-state index contributed by atoms with van der Waals surface area (Å²) in [5, 5.41) is 2.74. The number of carbonyl (C=O) groups is 1. The largest absolute Gasteiger partial charge is 0.486 e. The summed E-state index contributed by atoms with van der Waals surface area (Å²) in [5.41, 5.74) is 3.22. The number of rotatable bonds is 7. The van der Waals surface area contributed by atoms with E-state index in [9.17, 15) is 13.2 Å². The molecule has 1 amide bonds. The summed E-state index contributed by atoms with van der Waals surface area (Å²) < 4.78 is 38.2. The molecule has 2 aliphatic rings. The van der Waals surface area contributed by atoms with Crippen LogP contribution in [0.1, 0.15) is 46.7 Å². The van der Waals surface area contributed by atoms with Gasteiger partial charge in [-0.3, -0.25) is 4.79 Å². The van der Waals surface area contributed by atoms with Gasteiger partial charge in [0.1, 0.15) is 18.1 Å². The fraction of sp³-hybridized carbons (Fsp3) is 0.320. The Morgan fingerprint density at radius 2 is 1.70 bits per heavy atom. The quantitative estimate of drug-likeness (QED) is 0.558. The first-order valence-electron chi connectivity index (χ1n) is 11.2. The van der Waals surface area contributed by atoms with E-state index in [1.54, 1.807) is 24.3 Å². The first kappa shape index (κ1) is 21.7. The minimum absolute atomic E-state index is 0.163. The molecule has 1 saturated heterocycles. The zero-order valence-corrected chi connectivity index (χ0v) is 19.1. The molecule has 33 heavy (non-hydrogen) atoms. The third-order valence-electron chi connectivity index (χ3n) is 6.15. The summed E-state index contributed by atoms with van der Waals surface area (Å²) in [6.45, 7) is 1.34. The van der Waals surface area contributed by atoms with Crippen molar-refractivity contribution in [1.82, 2.24) is 4.31 Å². The van der Waals surface area contributed by atoms with E-state index >= 15 is 0 Å². The lowest BCUT2D eigenvalue weighted by atomic mass is 10.1. The average Bonchev–Trinajstić information content (AvgIpc) is 3.59. The number of nitrogens with zero attached hydrogens (tertiary/aromatic N) is 1. The van der Waals surface area contributed by atoms with Crippen LogP contribution in [0.15, 0.2) is 63.9 Å². The highest BCUT2D eigenvalue weighted by Gasteiger charge is 2.27. The van der Waals surface area contributed by atoms with Gasteiger partial charge in [-0.05, 0) is 91.8 Å². The van der Waals surface area contributed by atoms with Crippen LogP contribution in [0, 0.1) is 0 Å². The summed E-state index contributed by atoms with van der Waals surface area (Å²) in [6.07, 6.45) is 5.17. The summed E-state index contributed by atoms with van der Waals surface area (Å²) in [4.78, 5) is 12.8. The normalized spacial score (nSPS) is 16.0. The molecule has 1 fully saturated rings. The van der Waals surface area contributed by atoms with Crippen molar-refractivity contribution in [3.63, 3.8) is 0 Å². The number of furan rings is 1. The number of amides is 1. The molecule has 0 unspecified atom stereocenters. The first-order chi connectivity index (χ1) is 16.0. The molecule has 1 aliphatic heterocycles. The Morgan fingerprint density at radius 1 is 0.939 bits per heavy atom. The third kappa shape index (κ3) is 4.67. The maximum absolute atomic E-state index is 12.6. The van der Waals surface area contributed by atoms with Gasteiger partial charge in [0, 0.05) is 18.8 Å². The van der Waals surface area contributed by atoms with Crippen molar-refractivity contribution in [3.8, 4) is 5.75 Å². The van der Waals surface area contributed by atoms with Gasteiger partial charge in [0.25, 0.3) is 5.91 Å². The summed E-state index contributed by atoms with van der Waals surface area (Å²) in [6, 6.07) is 15.7. The van der Waals surface area contributed by atoms with Gasteiger partial charge in [-0.15, -0.1) is 0 Å². The second kappa shape index (κ2) is 9.03. The van der Waals surface area contributed by atoms with Crippen molar-refractivity contribution in [1.29, 1.82) is 0 Å². The fourth-order valence-electron chi connectivity index (χ4n) is 4.35. The molecule has 2 aromatic carbocycles. The molecule has 0 spiro atoms. The number of carbonyl (C=O) groups excluding carboxylic acids is 1. The van der Waals surface area contributed by atoms with Crippen molar-refractivity contribution in [2.45, 2.75) is 43.6 Å². The van der Waals surface area contributed by atoms with Gasteiger partial charge in [-0.1, -0.05) is 6.07 Å².